The van der Waals surface area contributed by atoms with Gasteiger partial charge in [0.05, 0.1) is 6.07 Å². The van der Waals surface area contributed by atoms with Crippen LogP contribution in [0, 0.1) is 11.3 Å². The summed E-state index contributed by atoms with van der Waals surface area (Å²) in [4.78, 5) is 21.0. The molecule has 1 atom stereocenters. The van der Waals surface area contributed by atoms with Crippen LogP contribution in [0.25, 0.3) is 0 Å². The van der Waals surface area contributed by atoms with Crippen molar-refractivity contribution >= 4 is 11.9 Å². The number of carbonyl (C=O) groups excluding carboxylic acids is 1. The van der Waals surface area contributed by atoms with E-state index >= 15 is 0 Å². The van der Waals surface area contributed by atoms with Gasteiger partial charge in [0.25, 0.3) is 0 Å². The minimum Gasteiger partial charge on any atom is -0.480 e. The molecule has 14 heavy (non-hydrogen) atoms. The lowest BCUT2D eigenvalue weighted by Crippen LogP contribution is -2.38. The Kier molecular flexibility index (Phi) is 6.07. The summed E-state index contributed by atoms with van der Waals surface area (Å²) in [5, 5.41) is 19.6. The van der Waals surface area contributed by atoms with Crippen LogP contribution in [0.5, 0.6) is 0 Å². The number of nitriles is 1. The molecule has 0 saturated carbocycles. The fourth-order valence-corrected chi connectivity index (χ4v) is 0.902. The van der Waals surface area contributed by atoms with Gasteiger partial charge in [0, 0.05) is 19.4 Å². The van der Waals surface area contributed by atoms with E-state index in [0.29, 0.717) is 6.54 Å². The van der Waals surface area contributed by atoms with E-state index in [1.807, 2.05) is 6.07 Å². The first-order chi connectivity index (χ1) is 6.57. The number of carbonyl (C=O) groups is 2. The largest absolute Gasteiger partial charge is 0.480 e. The first-order valence-electron chi connectivity index (χ1n) is 4.19. The minimum atomic E-state index is -1.04. The third kappa shape index (κ3) is 5.97. The number of hydrogen-bond acceptors (Lipinski definition) is 4. The molecule has 0 heterocycles. The van der Waals surface area contributed by atoms with Crippen LogP contribution >= 0.6 is 0 Å². The van der Waals surface area contributed by atoms with E-state index in [-0.39, 0.29) is 19.3 Å². The molecule has 0 aromatic rings. The maximum Gasteiger partial charge on any atom is 0.320 e. The summed E-state index contributed by atoms with van der Waals surface area (Å²) < 4.78 is 0. The predicted octanol–water partition coefficient (Wildman–Crippen LogP) is -0.792. The molecular weight excluding hydrogens is 186 g/mol. The summed E-state index contributed by atoms with van der Waals surface area (Å²) in [6.07, 6.45) is 0.410. The van der Waals surface area contributed by atoms with Gasteiger partial charge in [0.2, 0.25) is 5.91 Å². The zero-order chi connectivity index (χ0) is 11.0. The first-order valence-corrected chi connectivity index (χ1v) is 4.19. The van der Waals surface area contributed by atoms with E-state index in [2.05, 4.69) is 5.32 Å². The Labute approximate surface area is 81.7 Å². The van der Waals surface area contributed by atoms with Crippen LogP contribution in [-0.4, -0.2) is 29.6 Å². The lowest BCUT2D eigenvalue weighted by Gasteiger charge is -2.11. The van der Waals surface area contributed by atoms with Gasteiger partial charge in [-0.05, 0) is 6.42 Å². The highest BCUT2D eigenvalue weighted by Gasteiger charge is 2.16. The molecule has 0 aromatic carbocycles. The molecular formula is C8H13N3O3. The Balaban J connectivity index is 3.85. The second kappa shape index (κ2) is 6.86. The smallest absolute Gasteiger partial charge is 0.320 e. The number of nitrogens with two attached hydrogens (primary N) is 1. The van der Waals surface area contributed by atoms with E-state index < -0.39 is 17.9 Å². The van der Waals surface area contributed by atoms with Gasteiger partial charge in [-0.25, -0.2) is 0 Å². The van der Waals surface area contributed by atoms with Gasteiger partial charge in [-0.1, -0.05) is 0 Å². The lowest BCUT2D eigenvalue weighted by molar-refractivity contribution is -0.139. The Bertz CT molecular complexity index is 247. The third-order valence-electron chi connectivity index (χ3n) is 1.61. The van der Waals surface area contributed by atoms with Crippen molar-refractivity contribution in [2.24, 2.45) is 5.73 Å². The topological polar surface area (TPSA) is 116 Å². The summed E-state index contributed by atoms with van der Waals surface area (Å²) in [6.45, 7) is 0.298. The second-order valence-electron chi connectivity index (χ2n) is 2.76. The number of aliphatic carboxylic acids is 1. The van der Waals surface area contributed by atoms with Crippen LogP contribution in [0.3, 0.4) is 0 Å². The van der Waals surface area contributed by atoms with E-state index in [0.717, 1.165) is 0 Å². The van der Waals surface area contributed by atoms with Crippen LogP contribution < -0.4 is 11.1 Å². The molecule has 6 heteroatoms. The molecule has 0 aliphatic heterocycles. The number of carboxylic acid groups (broad SMARTS) is 1. The molecule has 0 bridgehead atoms. The van der Waals surface area contributed by atoms with Crippen molar-refractivity contribution in [1.82, 2.24) is 5.32 Å². The first kappa shape index (κ1) is 12.4. The molecule has 0 spiro atoms. The van der Waals surface area contributed by atoms with Gasteiger partial charge in [0.1, 0.15) is 6.04 Å². The zero-order valence-electron chi connectivity index (χ0n) is 7.69. The molecule has 0 rings (SSSR count). The Morgan fingerprint density at radius 1 is 1.57 bits per heavy atom. The summed E-state index contributed by atoms with van der Waals surface area (Å²) in [5.41, 5.74) is 4.88. The van der Waals surface area contributed by atoms with Crippen molar-refractivity contribution in [3.63, 3.8) is 0 Å². The SMILES string of the molecule is N#CCCN[C@@H](CCC(N)=O)C(=O)O. The highest BCUT2D eigenvalue weighted by Crippen LogP contribution is 1.97. The van der Waals surface area contributed by atoms with Gasteiger partial charge in [-0.15, -0.1) is 0 Å². The molecule has 0 radical (unpaired) electrons. The molecule has 0 unspecified atom stereocenters. The fraction of sp³-hybridized carbons (Fsp3) is 0.625. The van der Waals surface area contributed by atoms with E-state index in [1.165, 1.54) is 0 Å². The van der Waals surface area contributed by atoms with Crippen molar-refractivity contribution in [3.8, 4) is 6.07 Å². The number of nitrogens with zero attached hydrogens (tertiary/aromatic N) is 1. The lowest BCUT2D eigenvalue weighted by atomic mass is 10.1. The average Bonchev–Trinajstić information content (AvgIpc) is 2.10. The van der Waals surface area contributed by atoms with E-state index in [4.69, 9.17) is 16.1 Å². The van der Waals surface area contributed by atoms with Crippen molar-refractivity contribution in [3.05, 3.63) is 0 Å². The fourth-order valence-electron chi connectivity index (χ4n) is 0.902. The van der Waals surface area contributed by atoms with Crippen LogP contribution in [-0.2, 0) is 9.59 Å². The maximum absolute atomic E-state index is 10.6. The van der Waals surface area contributed by atoms with Crippen LogP contribution in [0.15, 0.2) is 0 Å². The van der Waals surface area contributed by atoms with Crippen molar-refractivity contribution < 1.29 is 14.7 Å². The molecule has 0 aromatic heterocycles. The molecule has 1 amide bonds. The zero-order valence-corrected chi connectivity index (χ0v) is 7.69. The molecule has 0 fully saturated rings. The number of hydrogen-bond donors (Lipinski definition) is 3. The molecule has 4 N–H and O–H groups in total. The van der Waals surface area contributed by atoms with Crippen molar-refractivity contribution in [2.45, 2.75) is 25.3 Å². The summed E-state index contributed by atoms with van der Waals surface area (Å²) in [7, 11) is 0. The van der Waals surface area contributed by atoms with Gasteiger partial charge >= 0.3 is 5.97 Å². The molecule has 0 aliphatic rings. The number of carboxylic acids is 1. The number of nitrogens with one attached hydrogen (secondary N) is 1. The van der Waals surface area contributed by atoms with Crippen LogP contribution in [0.4, 0.5) is 0 Å². The standard InChI is InChI=1S/C8H13N3O3/c9-4-1-5-11-6(8(13)14)2-3-7(10)12/h6,11H,1-3,5H2,(H2,10,12)(H,13,14)/t6-/m0/s1. The highest BCUT2D eigenvalue weighted by atomic mass is 16.4. The van der Waals surface area contributed by atoms with Gasteiger partial charge in [-0.3, -0.25) is 9.59 Å². The maximum atomic E-state index is 10.6. The van der Waals surface area contributed by atoms with Crippen molar-refractivity contribution in [2.75, 3.05) is 6.54 Å². The number of amides is 1. The third-order valence-corrected chi connectivity index (χ3v) is 1.61. The average molecular weight is 199 g/mol. The quantitative estimate of drug-likeness (QED) is 0.464. The molecule has 0 aliphatic carbocycles. The normalized spacial score (nSPS) is 11.6. The van der Waals surface area contributed by atoms with Gasteiger partial charge in [0.15, 0.2) is 0 Å². The van der Waals surface area contributed by atoms with E-state index in [9.17, 15) is 9.59 Å². The summed E-state index contributed by atoms with van der Waals surface area (Å²) >= 11 is 0. The van der Waals surface area contributed by atoms with Crippen LogP contribution in [0.2, 0.25) is 0 Å². The molecule has 6 nitrogen and oxygen atoms in total. The Hall–Kier alpha value is -1.61. The Morgan fingerprint density at radius 2 is 2.21 bits per heavy atom. The highest BCUT2D eigenvalue weighted by molar-refractivity contribution is 5.77. The molecule has 78 valence electrons. The minimum absolute atomic E-state index is 0.0243. The monoisotopic (exact) mass is 199 g/mol. The number of primary amides is 1. The Morgan fingerprint density at radius 3 is 2.64 bits per heavy atom. The predicted molar refractivity (Wildman–Crippen MR) is 48.1 cm³/mol. The number of rotatable bonds is 7. The van der Waals surface area contributed by atoms with E-state index in [1.54, 1.807) is 0 Å². The second-order valence-corrected chi connectivity index (χ2v) is 2.76. The summed E-state index contributed by atoms with van der Waals surface area (Å²) in [5.74, 6) is -1.57. The van der Waals surface area contributed by atoms with Crippen LogP contribution in [0.1, 0.15) is 19.3 Å². The van der Waals surface area contributed by atoms with Crippen molar-refractivity contribution in [1.29, 1.82) is 5.26 Å². The van der Waals surface area contributed by atoms with Gasteiger partial charge < -0.3 is 16.2 Å². The van der Waals surface area contributed by atoms with Gasteiger partial charge in [-0.2, -0.15) is 5.26 Å². The molecule has 0 saturated heterocycles. The summed E-state index contributed by atoms with van der Waals surface area (Å²) in [6, 6.07) is 1.07.